The van der Waals surface area contributed by atoms with Crippen molar-refractivity contribution in [1.29, 1.82) is 0 Å². The quantitative estimate of drug-likeness (QED) is 0.821. The molecule has 1 amide bonds. The van der Waals surface area contributed by atoms with Crippen LogP contribution in [0.15, 0.2) is 18.2 Å². The zero-order valence-corrected chi connectivity index (χ0v) is 11.9. The molecule has 1 aliphatic rings. The summed E-state index contributed by atoms with van der Waals surface area (Å²) in [6, 6.07) is 5.31. The van der Waals surface area contributed by atoms with Crippen molar-refractivity contribution < 1.29 is 9.90 Å². The number of benzene rings is 1. The van der Waals surface area contributed by atoms with E-state index in [9.17, 15) is 4.79 Å². The number of amides is 1. The van der Waals surface area contributed by atoms with Crippen LogP contribution < -0.4 is 5.73 Å². The predicted molar refractivity (Wildman–Crippen MR) is 78.5 cm³/mol. The summed E-state index contributed by atoms with van der Waals surface area (Å²) in [5.41, 5.74) is 6.50. The zero-order valence-electron chi connectivity index (χ0n) is 11.1. The van der Waals surface area contributed by atoms with E-state index in [4.69, 9.17) is 22.4 Å². The Balaban J connectivity index is 2.19. The standard InChI is InChI=1S/C15H17ClN2O2/c16-14-10-12(4-3-11(14)2-1-7-17)15(20)18(8-9-19)13-5-6-13/h3-4,10,13,19H,5-9,17H2. The van der Waals surface area contributed by atoms with Gasteiger partial charge in [0.1, 0.15) is 0 Å². The van der Waals surface area contributed by atoms with Crippen molar-refractivity contribution in [2.75, 3.05) is 19.7 Å². The SMILES string of the molecule is NCC#Cc1ccc(C(=O)N(CCO)C2CC2)cc1Cl. The first-order valence-corrected chi connectivity index (χ1v) is 6.95. The van der Waals surface area contributed by atoms with Crippen molar-refractivity contribution in [1.82, 2.24) is 4.90 Å². The Kier molecular flexibility index (Phi) is 5.02. The van der Waals surface area contributed by atoms with Gasteiger partial charge in [-0.3, -0.25) is 4.79 Å². The molecular weight excluding hydrogens is 276 g/mol. The molecule has 1 aromatic rings. The second-order valence-corrected chi connectivity index (χ2v) is 5.06. The summed E-state index contributed by atoms with van der Waals surface area (Å²) in [7, 11) is 0. The fraction of sp³-hybridized carbons (Fsp3) is 0.400. The maximum atomic E-state index is 12.4. The number of aliphatic hydroxyl groups is 1. The third kappa shape index (κ3) is 3.51. The van der Waals surface area contributed by atoms with Crippen molar-refractivity contribution in [3.63, 3.8) is 0 Å². The summed E-state index contributed by atoms with van der Waals surface area (Å²) in [5.74, 6) is 5.49. The molecular formula is C15H17ClN2O2. The molecule has 0 aromatic heterocycles. The van der Waals surface area contributed by atoms with Crippen molar-refractivity contribution >= 4 is 17.5 Å². The fourth-order valence-corrected chi connectivity index (χ4v) is 2.23. The molecule has 2 rings (SSSR count). The number of hydrogen-bond acceptors (Lipinski definition) is 3. The Hall–Kier alpha value is -1.54. The van der Waals surface area contributed by atoms with Crippen LogP contribution in [0.4, 0.5) is 0 Å². The van der Waals surface area contributed by atoms with Gasteiger partial charge in [0.25, 0.3) is 5.91 Å². The van der Waals surface area contributed by atoms with Crippen LogP contribution >= 0.6 is 11.6 Å². The van der Waals surface area contributed by atoms with Gasteiger partial charge < -0.3 is 15.7 Å². The number of nitrogens with two attached hydrogens (primary N) is 1. The third-order valence-corrected chi connectivity index (χ3v) is 3.44. The van der Waals surface area contributed by atoms with Gasteiger partial charge >= 0.3 is 0 Å². The lowest BCUT2D eigenvalue weighted by Crippen LogP contribution is -2.35. The average Bonchev–Trinajstić information content (AvgIpc) is 3.27. The number of aliphatic hydroxyl groups excluding tert-OH is 1. The van der Waals surface area contributed by atoms with Crippen LogP contribution in [0.3, 0.4) is 0 Å². The Morgan fingerprint density at radius 2 is 2.25 bits per heavy atom. The Morgan fingerprint density at radius 3 is 2.80 bits per heavy atom. The van der Waals surface area contributed by atoms with E-state index in [0.717, 1.165) is 12.8 Å². The summed E-state index contributed by atoms with van der Waals surface area (Å²) in [6.45, 7) is 0.592. The predicted octanol–water partition coefficient (Wildman–Crippen LogP) is 1.25. The van der Waals surface area contributed by atoms with E-state index in [0.29, 0.717) is 22.7 Å². The van der Waals surface area contributed by atoms with Crippen LogP contribution in [0.2, 0.25) is 5.02 Å². The topological polar surface area (TPSA) is 66.6 Å². The van der Waals surface area contributed by atoms with E-state index < -0.39 is 0 Å². The van der Waals surface area contributed by atoms with Crippen LogP contribution in [0.5, 0.6) is 0 Å². The van der Waals surface area contributed by atoms with Gasteiger partial charge in [-0.2, -0.15) is 0 Å². The minimum absolute atomic E-state index is 0.0317. The molecule has 106 valence electrons. The van der Waals surface area contributed by atoms with E-state index in [-0.39, 0.29) is 25.1 Å². The lowest BCUT2D eigenvalue weighted by atomic mass is 10.1. The summed E-state index contributed by atoms with van der Waals surface area (Å²) >= 11 is 6.12. The maximum absolute atomic E-state index is 12.4. The lowest BCUT2D eigenvalue weighted by molar-refractivity contribution is 0.0707. The molecule has 20 heavy (non-hydrogen) atoms. The fourth-order valence-electron chi connectivity index (χ4n) is 2.01. The van der Waals surface area contributed by atoms with Crippen molar-refractivity contribution in [2.24, 2.45) is 5.73 Å². The van der Waals surface area contributed by atoms with Gasteiger partial charge in [0.15, 0.2) is 0 Å². The molecule has 0 spiro atoms. The molecule has 3 N–H and O–H groups in total. The molecule has 0 unspecified atom stereocenters. The zero-order chi connectivity index (χ0) is 14.5. The van der Waals surface area contributed by atoms with E-state index in [1.54, 1.807) is 23.1 Å². The van der Waals surface area contributed by atoms with Crippen LogP contribution in [0.1, 0.15) is 28.8 Å². The van der Waals surface area contributed by atoms with Gasteiger partial charge in [-0.05, 0) is 31.0 Å². The summed E-state index contributed by atoms with van der Waals surface area (Å²) in [6.07, 6.45) is 2.00. The second-order valence-electron chi connectivity index (χ2n) is 4.65. The highest BCUT2D eigenvalue weighted by molar-refractivity contribution is 6.32. The minimum atomic E-state index is -0.0956. The Morgan fingerprint density at radius 1 is 1.50 bits per heavy atom. The number of halogens is 1. The van der Waals surface area contributed by atoms with Gasteiger partial charge in [0.05, 0.1) is 18.2 Å². The van der Waals surface area contributed by atoms with E-state index in [1.165, 1.54) is 0 Å². The maximum Gasteiger partial charge on any atom is 0.254 e. The molecule has 1 aromatic carbocycles. The van der Waals surface area contributed by atoms with Crippen LogP contribution in [-0.4, -0.2) is 41.7 Å². The summed E-state index contributed by atoms with van der Waals surface area (Å²) < 4.78 is 0. The first-order chi connectivity index (χ1) is 9.67. The minimum Gasteiger partial charge on any atom is -0.395 e. The van der Waals surface area contributed by atoms with Crippen LogP contribution in [0.25, 0.3) is 0 Å². The van der Waals surface area contributed by atoms with Crippen molar-refractivity contribution in [3.8, 4) is 11.8 Å². The van der Waals surface area contributed by atoms with Crippen LogP contribution in [-0.2, 0) is 0 Å². The number of hydrogen-bond donors (Lipinski definition) is 2. The number of nitrogens with zero attached hydrogens (tertiary/aromatic N) is 1. The molecule has 0 heterocycles. The normalized spacial score (nSPS) is 13.6. The monoisotopic (exact) mass is 292 g/mol. The molecule has 0 saturated heterocycles. The summed E-state index contributed by atoms with van der Waals surface area (Å²) in [4.78, 5) is 14.1. The van der Waals surface area contributed by atoms with Crippen molar-refractivity contribution in [2.45, 2.75) is 18.9 Å². The van der Waals surface area contributed by atoms with E-state index in [1.807, 2.05) is 0 Å². The van der Waals surface area contributed by atoms with Gasteiger partial charge in [-0.1, -0.05) is 23.4 Å². The molecule has 1 saturated carbocycles. The molecule has 4 nitrogen and oxygen atoms in total. The average molecular weight is 293 g/mol. The highest BCUT2D eigenvalue weighted by Gasteiger charge is 2.32. The Bertz CT molecular complexity index is 559. The van der Waals surface area contributed by atoms with E-state index >= 15 is 0 Å². The third-order valence-electron chi connectivity index (χ3n) is 3.13. The molecule has 0 aliphatic heterocycles. The number of rotatable bonds is 4. The number of carbonyl (C=O) groups is 1. The van der Waals surface area contributed by atoms with Gasteiger partial charge in [0.2, 0.25) is 0 Å². The van der Waals surface area contributed by atoms with Gasteiger partial charge in [0, 0.05) is 23.7 Å². The van der Waals surface area contributed by atoms with Gasteiger partial charge in [-0.25, -0.2) is 0 Å². The van der Waals surface area contributed by atoms with E-state index in [2.05, 4.69) is 11.8 Å². The van der Waals surface area contributed by atoms with Crippen LogP contribution in [0, 0.1) is 11.8 Å². The largest absolute Gasteiger partial charge is 0.395 e. The molecule has 5 heteroatoms. The smallest absolute Gasteiger partial charge is 0.254 e. The summed E-state index contributed by atoms with van der Waals surface area (Å²) in [5, 5.41) is 9.50. The van der Waals surface area contributed by atoms with Crippen molar-refractivity contribution in [3.05, 3.63) is 34.3 Å². The molecule has 0 atom stereocenters. The Labute approximate surface area is 123 Å². The number of carbonyl (C=O) groups excluding carboxylic acids is 1. The first-order valence-electron chi connectivity index (χ1n) is 6.57. The first kappa shape index (κ1) is 14.9. The molecule has 1 aliphatic carbocycles. The van der Waals surface area contributed by atoms with Gasteiger partial charge in [-0.15, -0.1) is 0 Å². The molecule has 0 bridgehead atoms. The molecule has 1 fully saturated rings. The molecule has 0 radical (unpaired) electrons. The highest BCUT2D eigenvalue weighted by atomic mass is 35.5. The lowest BCUT2D eigenvalue weighted by Gasteiger charge is -2.21. The second kappa shape index (κ2) is 6.76. The highest BCUT2D eigenvalue weighted by Crippen LogP contribution is 2.28.